The Kier molecular flexibility index (Phi) is 5.41. The SMILES string of the molecule is c1ccc(N(c2ccc3c(c2)oc2cccc(-c4nc5ccccc5o4)c23)c2cccc3sc4c5ccccc5ccc4c23)cc1. The first kappa shape index (κ1) is 25.4. The monoisotopic (exact) mass is 608 g/mol. The molecule has 0 saturated carbocycles. The van der Waals surface area contributed by atoms with Gasteiger partial charge >= 0.3 is 0 Å². The van der Waals surface area contributed by atoms with Crippen LogP contribution in [0.4, 0.5) is 17.1 Å². The van der Waals surface area contributed by atoms with E-state index in [1.165, 1.54) is 30.9 Å². The molecular weight excluding hydrogens is 585 g/mol. The van der Waals surface area contributed by atoms with Gasteiger partial charge in [0, 0.05) is 53.9 Å². The third-order valence-corrected chi connectivity index (χ3v) is 10.1. The van der Waals surface area contributed by atoms with E-state index in [2.05, 4.69) is 114 Å². The van der Waals surface area contributed by atoms with Gasteiger partial charge in [0.05, 0.1) is 5.69 Å². The maximum Gasteiger partial charge on any atom is 0.228 e. The van der Waals surface area contributed by atoms with Crippen molar-refractivity contribution in [3.05, 3.63) is 146 Å². The zero-order valence-corrected chi connectivity index (χ0v) is 25.3. The zero-order chi connectivity index (χ0) is 30.2. The quantitative estimate of drug-likeness (QED) is 0.199. The number of aromatic nitrogens is 1. The molecule has 0 saturated heterocycles. The Bertz CT molecular complexity index is 2740. The molecule has 5 heteroatoms. The minimum atomic E-state index is 0.591. The number of fused-ring (bicyclic) bond motifs is 9. The molecule has 0 radical (unpaired) electrons. The second kappa shape index (κ2) is 9.80. The van der Waals surface area contributed by atoms with Gasteiger partial charge in [-0.3, -0.25) is 0 Å². The van der Waals surface area contributed by atoms with Gasteiger partial charge in [-0.15, -0.1) is 11.3 Å². The molecule has 3 heterocycles. The molecular formula is C41H24N2O2S. The topological polar surface area (TPSA) is 42.4 Å². The number of rotatable bonds is 4. The van der Waals surface area contributed by atoms with Crippen LogP contribution in [0.25, 0.3) is 75.4 Å². The molecule has 0 spiro atoms. The highest BCUT2D eigenvalue weighted by atomic mass is 32.1. The molecule has 0 aliphatic heterocycles. The number of oxazole rings is 1. The Hall–Kier alpha value is -5.91. The number of hydrogen-bond acceptors (Lipinski definition) is 5. The summed E-state index contributed by atoms with van der Waals surface area (Å²) in [6, 6.07) is 50.8. The fraction of sp³-hybridized carbons (Fsp3) is 0. The van der Waals surface area contributed by atoms with Gasteiger partial charge in [0.15, 0.2) is 5.58 Å². The Morgan fingerprint density at radius 1 is 0.522 bits per heavy atom. The zero-order valence-electron chi connectivity index (χ0n) is 24.5. The third kappa shape index (κ3) is 3.76. The van der Waals surface area contributed by atoms with Crippen LogP contribution >= 0.6 is 11.3 Å². The summed E-state index contributed by atoms with van der Waals surface area (Å²) in [5.41, 5.74) is 7.38. The Labute approximate surface area is 267 Å². The number of thiophene rings is 1. The highest BCUT2D eigenvalue weighted by molar-refractivity contribution is 7.26. The van der Waals surface area contributed by atoms with Crippen LogP contribution in [-0.2, 0) is 0 Å². The van der Waals surface area contributed by atoms with E-state index in [1.807, 2.05) is 47.7 Å². The predicted octanol–water partition coefficient (Wildman–Crippen LogP) is 12.4. The number of anilines is 3. The van der Waals surface area contributed by atoms with E-state index in [-0.39, 0.29) is 0 Å². The number of benzene rings is 7. The predicted molar refractivity (Wildman–Crippen MR) is 192 cm³/mol. The third-order valence-electron chi connectivity index (χ3n) is 8.88. The molecule has 0 amide bonds. The highest BCUT2D eigenvalue weighted by Gasteiger charge is 2.22. The molecule has 10 rings (SSSR count). The first-order valence-corrected chi connectivity index (χ1v) is 16.1. The van der Waals surface area contributed by atoms with E-state index >= 15 is 0 Å². The molecule has 0 fully saturated rings. The van der Waals surface area contributed by atoms with Crippen LogP contribution in [0.3, 0.4) is 0 Å². The van der Waals surface area contributed by atoms with E-state index in [0.29, 0.717) is 5.89 Å². The molecule has 0 unspecified atom stereocenters. The van der Waals surface area contributed by atoms with Crippen LogP contribution in [0, 0.1) is 0 Å². The maximum absolute atomic E-state index is 6.55. The van der Waals surface area contributed by atoms with Crippen molar-refractivity contribution in [2.75, 3.05) is 4.90 Å². The molecule has 46 heavy (non-hydrogen) atoms. The molecule has 10 aromatic rings. The molecule has 0 N–H and O–H groups in total. The summed E-state index contributed by atoms with van der Waals surface area (Å²) in [5.74, 6) is 0.591. The summed E-state index contributed by atoms with van der Waals surface area (Å²) in [4.78, 5) is 7.14. The van der Waals surface area contributed by atoms with Gasteiger partial charge < -0.3 is 13.7 Å². The standard InChI is InChI=1S/C41H24N2O2S/c1-2-11-26(12-3-1)43(33-16-9-19-37-39(33)30-22-20-25-10-4-5-13-28(25)40(30)46-37)27-21-23-29-36(24-27)44-35-18-8-14-31(38(29)35)41-42-32-15-6-7-17-34(32)45-41/h1-24H. The number of nitrogens with zero attached hydrogens (tertiary/aromatic N) is 2. The van der Waals surface area contributed by atoms with Crippen molar-refractivity contribution in [3.8, 4) is 11.5 Å². The van der Waals surface area contributed by atoms with Crippen molar-refractivity contribution in [2.45, 2.75) is 0 Å². The van der Waals surface area contributed by atoms with E-state index in [0.717, 1.165) is 55.7 Å². The van der Waals surface area contributed by atoms with Crippen LogP contribution in [0.15, 0.2) is 154 Å². The van der Waals surface area contributed by atoms with E-state index in [9.17, 15) is 0 Å². The van der Waals surface area contributed by atoms with Crippen molar-refractivity contribution in [2.24, 2.45) is 0 Å². The van der Waals surface area contributed by atoms with Gasteiger partial charge in [-0.1, -0.05) is 78.9 Å². The summed E-state index contributed by atoms with van der Waals surface area (Å²) in [6.07, 6.45) is 0. The second-order valence-corrected chi connectivity index (χ2v) is 12.6. The van der Waals surface area contributed by atoms with E-state index in [1.54, 1.807) is 0 Å². The first-order valence-electron chi connectivity index (χ1n) is 15.3. The Balaban J connectivity index is 1.20. The lowest BCUT2D eigenvalue weighted by Crippen LogP contribution is -2.10. The fourth-order valence-electron chi connectivity index (χ4n) is 6.84. The lowest BCUT2D eigenvalue weighted by molar-refractivity contribution is 0.620. The van der Waals surface area contributed by atoms with Crippen LogP contribution in [-0.4, -0.2) is 4.98 Å². The van der Waals surface area contributed by atoms with Crippen molar-refractivity contribution >= 4 is 92.4 Å². The number of hydrogen-bond donors (Lipinski definition) is 0. The smallest absolute Gasteiger partial charge is 0.228 e. The van der Waals surface area contributed by atoms with Gasteiger partial charge in [-0.2, -0.15) is 0 Å². The highest BCUT2D eigenvalue weighted by Crippen LogP contribution is 2.47. The van der Waals surface area contributed by atoms with Crippen LogP contribution in [0.5, 0.6) is 0 Å². The number of furan rings is 1. The largest absolute Gasteiger partial charge is 0.456 e. The van der Waals surface area contributed by atoms with E-state index < -0.39 is 0 Å². The molecule has 3 aromatic heterocycles. The number of para-hydroxylation sites is 3. The molecule has 0 aliphatic carbocycles. The molecule has 0 aliphatic rings. The van der Waals surface area contributed by atoms with Gasteiger partial charge in [0.2, 0.25) is 5.89 Å². The van der Waals surface area contributed by atoms with Crippen LogP contribution < -0.4 is 4.90 Å². The summed E-state index contributed by atoms with van der Waals surface area (Å²) in [6.45, 7) is 0. The molecule has 0 bridgehead atoms. The van der Waals surface area contributed by atoms with Gasteiger partial charge in [-0.05, 0) is 71.4 Å². The van der Waals surface area contributed by atoms with Gasteiger partial charge in [0.1, 0.15) is 16.7 Å². The van der Waals surface area contributed by atoms with Crippen molar-refractivity contribution < 1.29 is 8.83 Å². The minimum absolute atomic E-state index is 0.591. The summed E-state index contributed by atoms with van der Waals surface area (Å²) in [7, 11) is 0. The fourth-order valence-corrected chi connectivity index (χ4v) is 8.10. The normalized spacial score (nSPS) is 11.9. The van der Waals surface area contributed by atoms with Gasteiger partial charge in [0.25, 0.3) is 0 Å². The van der Waals surface area contributed by atoms with Crippen molar-refractivity contribution in [1.29, 1.82) is 0 Å². The van der Waals surface area contributed by atoms with E-state index in [4.69, 9.17) is 13.8 Å². The summed E-state index contributed by atoms with van der Waals surface area (Å²) in [5, 5.41) is 7.09. The Morgan fingerprint density at radius 3 is 2.26 bits per heavy atom. The molecule has 216 valence electrons. The Morgan fingerprint density at radius 2 is 1.33 bits per heavy atom. The first-order chi connectivity index (χ1) is 22.8. The van der Waals surface area contributed by atoms with Gasteiger partial charge in [-0.25, -0.2) is 4.98 Å². The minimum Gasteiger partial charge on any atom is -0.456 e. The summed E-state index contributed by atoms with van der Waals surface area (Å²) >= 11 is 1.86. The second-order valence-electron chi connectivity index (χ2n) is 11.5. The average Bonchev–Trinajstić information content (AvgIpc) is 3.82. The van der Waals surface area contributed by atoms with Crippen molar-refractivity contribution in [1.82, 2.24) is 4.98 Å². The molecule has 0 atom stereocenters. The molecule has 7 aromatic carbocycles. The van der Waals surface area contributed by atoms with Crippen molar-refractivity contribution in [3.63, 3.8) is 0 Å². The molecule has 4 nitrogen and oxygen atoms in total. The van der Waals surface area contributed by atoms with Crippen LogP contribution in [0.2, 0.25) is 0 Å². The van der Waals surface area contributed by atoms with Crippen LogP contribution in [0.1, 0.15) is 0 Å². The average molecular weight is 609 g/mol. The lowest BCUT2D eigenvalue weighted by atomic mass is 10.0. The maximum atomic E-state index is 6.55. The lowest BCUT2D eigenvalue weighted by Gasteiger charge is -2.26. The summed E-state index contributed by atoms with van der Waals surface area (Å²) < 4.78 is 15.3.